The standard InChI is InChI=1S/C27H30O3Si/c1-20-24(21-14-8-5-9-15-21)29-26(28)25(20)30-31(27(2,3)4,22-16-10-6-11-17-22)23-18-12-7-13-19-23/h5-20,24-25H,1-4H3/t20-,24-,25-/m1/s1. The predicted molar refractivity (Wildman–Crippen MR) is 127 cm³/mol. The van der Waals surface area contributed by atoms with Crippen LogP contribution in [0.25, 0.3) is 0 Å². The fraction of sp³-hybridized carbons (Fsp3) is 0.296. The van der Waals surface area contributed by atoms with Crippen molar-refractivity contribution in [1.82, 2.24) is 0 Å². The first kappa shape index (κ1) is 21.5. The van der Waals surface area contributed by atoms with E-state index >= 15 is 0 Å². The number of hydrogen-bond acceptors (Lipinski definition) is 3. The predicted octanol–water partition coefficient (Wildman–Crippen LogP) is 4.87. The summed E-state index contributed by atoms with van der Waals surface area (Å²) in [6.07, 6.45) is -0.909. The summed E-state index contributed by atoms with van der Waals surface area (Å²) in [5.41, 5.74) is 1.01. The third-order valence-electron chi connectivity index (χ3n) is 6.28. The minimum atomic E-state index is -2.83. The molecular weight excluding hydrogens is 400 g/mol. The minimum absolute atomic E-state index is 0.0865. The lowest BCUT2D eigenvalue weighted by molar-refractivity contribution is -0.146. The molecule has 160 valence electrons. The number of ether oxygens (including phenoxy) is 1. The molecule has 0 bridgehead atoms. The first-order valence-corrected chi connectivity index (χ1v) is 12.8. The molecule has 1 fully saturated rings. The van der Waals surface area contributed by atoms with Gasteiger partial charge in [-0.1, -0.05) is 119 Å². The third-order valence-corrected chi connectivity index (χ3v) is 11.3. The molecule has 0 aliphatic carbocycles. The molecule has 31 heavy (non-hydrogen) atoms. The molecule has 1 saturated heterocycles. The smallest absolute Gasteiger partial charge is 0.335 e. The van der Waals surface area contributed by atoms with E-state index in [1.54, 1.807) is 0 Å². The van der Waals surface area contributed by atoms with Crippen LogP contribution < -0.4 is 10.4 Å². The van der Waals surface area contributed by atoms with Crippen molar-refractivity contribution in [2.24, 2.45) is 5.92 Å². The lowest BCUT2D eigenvalue weighted by Gasteiger charge is -2.44. The quantitative estimate of drug-likeness (QED) is 0.428. The van der Waals surface area contributed by atoms with Gasteiger partial charge in [0.05, 0.1) is 0 Å². The highest BCUT2D eigenvalue weighted by atomic mass is 28.4. The largest absolute Gasteiger partial charge is 0.455 e. The van der Waals surface area contributed by atoms with Crippen molar-refractivity contribution >= 4 is 24.7 Å². The van der Waals surface area contributed by atoms with Crippen molar-refractivity contribution in [2.75, 3.05) is 0 Å². The first-order valence-electron chi connectivity index (χ1n) is 10.9. The van der Waals surface area contributed by atoms with Gasteiger partial charge < -0.3 is 9.16 Å². The Labute approximate surface area is 186 Å². The topological polar surface area (TPSA) is 35.5 Å². The van der Waals surface area contributed by atoms with Crippen LogP contribution in [0.1, 0.15) is 39.4 Å². The van der Waals surface area contributed by atoms with Crippen molar-refractivity contribution in [1.29, 1.82) is 0 Å². The van der Waals surface area contributed by atoms with Gasteiger partial charge in [0.25, 0.3) is 8.32 Å². The molecule has 1 aliphatic rings. The molecule has 0 unspecified atom stereocenters. The van der Waals surface area contributed by atoms with Gasteiger partial charge in [-0.25, -0.2) is 4.79 Å². The number of hydrogen-bond donors (Lipinski definition) is 0. The molecule has 0 aromatic heterocycles. The van der Waals surface area contributed by atoms with Gasteiger partial charge in [-0.3, -0.25) is 0 Å². The van der Waals surface area contributed by atoms with Gasteiger partial charge in [-0.2, -0.15) is 0 Å². The summed E-state index contributed by atoms with van der Waals surface area (Å²) in [6, 6.07) is 30.8. The maximum Gasteiger partial charge on any atom is 0.335 e. The van der Waals surface area contributed by atoms with Gasteiger partial charge >= 0.3 is 5.97 Å². The lowest BCUT2D eigenvalue weighted by Crippen LogP contribution is -2.68. The number of cyclic esters (lactones) is 1. The highest BCUT2D eigenvalue weighted by molar-refractivity contribution is 6.99. The fourth-order valence-electron chi connectivity index (χ4n) is 4.72. The second-order valence-corrected chi connectivity index (χ2v) is 13.6. The van der Waals surface area contributed by atoms with Crippen molar-refractivity contribution in [3.8, 4) is 0 Å². The number of carbonyl (C=O) groups excluding carboxylic acids is 1. The van der Waals surface area contributed by atoms with Gasteiger partial charge in [0.1, 0.15) is 6.10 Å². The average molecular weight is 431 g/mol. The SMILES string of the molecule is C[C@H]1[C@@H](O[Si](c2ccccc2)(c2ccccc2)C(C)(C)C)C(=O)O[C@H]1c1ccccc1. The van der Waals surface area contributed by atoms with Crippen LogP contribution in [-0.2, 0) is 14.0 Å². The van der Waals surface area contributed by atoms with E-state index in [4.69, 9.17) is 9.16 Å². The van der Waals surface area contributed by atoms with E-state index in [0.717, 1.165) is 15.9 Å². The minimum Gasteiger partial charge on any atom is -0.455 e. The zero-order valence-corrected chi connectivity index (χ0v) is 19.6. The summed E-state index contributed by atoms with van der Waals surface area (Å²) in [4.78, 5) is 13.1. The number of rotatable bonds is 5. The Balaban J connectivity index is 1.81. The van der Waals surface area contributed by atoms with E-state index in [2.05, 4.69) is 76.2 Å². The second kappa shape index (κ2) is 8.44. The molecule has 3 nitrogen and oxygen atoms in total. The van der Waals surface area contributed by atoms with Crippen LogP contribution in [-0.4, -0.2) is 20.4 Å². The van der Waals surface area contributed by atoms with Gasteiger partial charge in [0.2, 0.25) is 0 Å². The Kier molecular flexibility index (Phi) is 5.87. The Morgan fingerprint density at radius 1 is 0.774 bits per heavy atom. The van der Waals surface area contributed by atoms with Gasteiger partial charge in [-0.15, -0.1) is 0 Å². The molecule has 4 rings (SSSR count). The van der Waals surface area contributed by atoms with Crippen LogP contribution in [0.5, 0.6) is 0 Å². The van der Waals surface area contributed by atoms with Crippen LogP contribution in [0.4, 0.5) is 0 Å². The molecule has 3 aromatic carbocycles. The van der Waals surface area contributed by atoms with E-state index in [1.165, 1.54) is 0 Å². The van der Waals surface area contributed by atoms with Crippen molar-refractivity contribution in [2.45, 2.75) is 44.9 Å². The monoisotopic (exact) mass is 430 g/mol. The van der Waals surface area contributed by atoms with E-state index in [0.29, 0.717) is 0 Å². The average Bonchev–Trinajstić information content (AvgIpc) is 3.06. The number of esters is 1. The molecule has 3 aromatic rings. The number of carbonyl (C=O) groups is 1. The maximum absolute atomic E-state index is 13.1. The van der Waals surface area contributed by atoms with Crippen LogP contribution >= 0.6 is 0 Å². The molecule has 0 amide bonds. The van der Waals surface area contributed by atoms with Gasteiger partial charge in [-0.05, 0) is 21.0 Å². The summed E-state index contributed by atoms with van der Waals surface area (Å²) in [7, 11) is -2.83. The van der Waals surface area contributed by atoms with Crippen molar-refractivity contribution < 1.29 is 14.0 Å². The molecule has 0 N–H and O–H groups in total. The summed E-state index contributed by atoms with van der Waals surface area (Å²) in [5.74, 6) is -0.356. The van der Waals surface area contributed by atoms with Crippen LogP contribution in [0.3, 0.4) is 0 Å². The normalized spacial score (nSPS) is 21.7. The van der Waals surface area contributed by atoms with Crippen molar-refractivity contribution in [3.63, 3.8) is 0 Å². The van der Waals surface area contributed by atoms with E-state index in [9.17, 15) is 4.79 Å². The summed E-state index contributed by atoms with van der Waals surface area (Å²) in [6.45, 7) is 8.72. The molecule has 0 radical (unpaired) electrons. The molecule has 1 heterocycles. The molecule has 0 spiro atoms. The van der Waals surface area contributed by atoms with Gasteiger partial charge in [0, 0.05) is 5.92 Å². The third kappa shape index (κ3) is 3.86. The molecule has 0 saturated carbocycles. The summed E-state index contributed by atoms with van der Waals surface area (Å²) in [5, 5.41) is 2.13. The molecule has 1 aliphatic heterocycles. The first-order chi connectivity index (χ1) is 14.8. The van der Waals surface area contributed by atoms with Crippen LogP contribution in [0.15, 0.2) is 91.0 Å². The van der Waals surface area contributed by atoms with Crippen molar-refractivity contribution in [3.05, 3.63) is 96.6 Å². The Hall–Kier alpha value is -2.69. The fourth-order valence-corrected chi connectivity index (χ4v) is 9.43. The summed E-state index contributed by atoms with van der Waals surface area (Å²) < 4.78 is 12.9. The van der Waals surface area contributed by atoms with Crippen LogP contribution in [0.2, 0.25) is 5.04 Å². The second-order valence-electron chi connectivity index (χ2n) is 9.33. The van der Waals surface area contributed by atoms with E-state index in [1.807, 2.05) is 42.5 Å². The Morgan fingerprint density at radius 3 is 1.68 bits per heavy atom. The van der Waals surface area contributed by atoms with E-state index < -0.39 is 14.4 Å². The van der Waals surface area contributed by atoms with Crippen LogP contribution in [0, 0.1) is 5.92 Å². The zero-order valence-electron chi connectivity index (χ0n) is 18.6. The Bertz CT molecular complexity index is 973. The highest BCUT2D eigenvalue weighted by Gasteiger charge is 2.55. The maximum atomic E-state index is 13.1. The Morgan fingerprint density at radius 2 is 1.23 bits per heavy atom. The lowest BCUT2D eigenvalue weighted by atomic mass is 9.95. The van der Waals surface area contributed by atoms with Gasteiger partial charge in [0.15, 0.2) is 6.10 Å². The highest BCUT2D eigenvalue weighted by Crippen LogP contribution is 2.43. The van der Waals surface area contributed by atoms with E-state index in [-0.39, 0.29) is 23.0 Å². The molecular formula is C27H30O3Si. The summed E-state index contributed by atoms with van der Waals surface area (Å²) >= 11 is 0. The molecule has 4 heteroatoms. The molecule has 3 atom stereocenters. The number of benzene rings is 3. The zero-order chi connectivity index (χ0) is 22.1.